The summed E-state index contributed by atoms with van der Waals surface area (Å²) in [6.45, 7) is 11.7. The lowest BCUT2D eigenvalue weighted by atomic mass is 10.0. The number of thioether (sulfide) groups is 1. The predicted molar refractivity (Wildman–Crippen MR) is 116 cm³/mol. The summed E-state index contributed by atoms with van der Waals surface area (Å²) in [7, 11) is 0. The number of amides is 1. The number of nitrogens with one attached hydrogen (secondary N) is 1. The van der Waals surface area contributed by atoms with E-state index >= 15 is 0 Å². The predicted octanol–water partition coefficient (Wildman–Crippen LogP) is 2.95. The molecule has 2 heterocycles. The Morgan fingerprint density at radius 3 is 2.59 bits per heavy atom. The number of anilines is 1. The van der Waals surface area contributed by atoms with Crippen molar-refractivity contribution in [2.24, 2.45) is 0 Å². The van der Waals surface area contributed by atoms with Crippen LogP contribution in [0.25, 0.3) is 0 Å². The van der Waals surface area contributed by atoms with E-state index in [2.05, 4.69) is 44.0 Å². The molecule has 1 atom stereocenters. The second-order valence-corrected chi connectivity index (χ2v) is 9.25. The molecule has 1 aromatic carbocycles. The molecule has 1 unspecified atom stereocenters. The lowest BCUT2D eigenvalue weighted by Crippen LogP contribution is -2.46. The zero-order valence-electron chi connectivity index (χ0n) is 17.7. The highest BCUT2D eigenvalue weighted by Gasteiger charge is 2.26. The van der Waals surface area contributed by atoms with Crippen LogP contribution in [0.5, 0.6) is 0 Å². The van der Waals surface area contributed by atoms with Crippen molar-refractivity contribution in [2.75, 3.05) is 31.2 Å². The summed E-state index contributed by atoms with van der Waals surface area (Å²) in [5, 5.41) is 12.5. The van der Waals surface area contributed by atoms with Crippen LogP contribution in [0.2, 0.25) is 0 Å². The Balaban J connectivity index is 1.81. The molecule has 8 heteroatoms. The first kappa shape index (κ1) is 21.6. The number of hydrogen-bond donors (Lipinski definition) is 1. The summed E-state index contributed by atoms with van der Waals surface area (Å²) >= 11 is 1.45. The van der Waals surface area contributed by atoms with Crippen molar-refractivity contribution < 1.29 is 9.53 Å². The van der Waals surface area contributed by atoms with E-state index < -0.39 is 0 Å². The molecule has 0 aliphatic carbocycles. The summed E-state index contributed by atoms with van der Waals surface area (Å²) in [5.41, 5.74) is 0.954. The molecule has 1 amide bonds. The third kappa shape index (κ3) is 5.73. The third-order valence-corrected chi connectivity index (χ3v) is 6.25. The largest absolute Gasteiger partial charge is 0.378 e. The van der Waals surface area contributed by atoms with E-state index in [1.807, 2.05) is 39.0 Å². The lowest BCUT2D eigenvalue weighted by molar-refractivity contribution is -0.121. The smallest absolute Gasteiger partial charge is 0.233 e. The molecule has 1 N–H and O–H groups in total. The van der Waals surface area contributed by atoms with Gasteiger partial charge in [-0.25, -0.2) is 0 Å². The van der Waals surface area contributed by atoms with Gasteiger partial charge in [0.2, 0.25) is 11.9 Å². The molecule has 0 bridgehead atoms. The molecule has 3 rings (SSSR count). The van der Waals surface area contributed by atoms with Gasteiger partial charge in [-0.1, -0.05) is 49.0 Å². The maximum absolute atomic E-state index is 12.7. The van der Waals surface area contributed by atoms with Crippen molar-refractivity contribution in [2.45, 2.75) is 56.6 Å². The molecule has 1 fully saturated rings. The molecule has 1 aliphatic rings. The number of carbonyl (C=O) groups excluding carboxylic acids is 1. The lowest BCUT2D eigenvalue weighted by Gasteiger charge is -2.28. The van der Waals surface area contributed by atoms with Crippen LogP contribution in [0.3, 0.4) is 0 Å². The first-order valence-electron chi connectivity index (χ1n) is 10.2. The van der Waals surface area contributed by atoms with Gasteiger partial charge in [0.05, 0.1) is 25.0 Å². The van der Waals surface area contributed by atoms with Crippen LogP contribution in [0.1, 0.15) is 39.7 Å². The highest BCUT2D eigenvalue weighted by atomic mass is 32.2. The number of nitrogens with zero attached hydrogens (tertiary/aromatic N) is 4. The average molecular weight is 418 g/mol. The topological polar surface area (TPSA) is 72.3 Å². The first-order chi connectivity index (χ1) is 13.9. The maximum atomic E-state index is 12.7. The number of morpholine rings is 1. The fourth-order valence-corrected chi connectivity index (χ4v) is 3.85. The number of benzene rings is 1. The Hall–Kier alpha value is -2.06. The third-order valence-electron chi connectivity index (χ3n) is 5.17. The molecule has 2 aromatic rings. The van der Waals surface area contributed by atoms with Gasteiger partial charge < -0.3 is 15.0 Å². The Bertz CT molecular complexity index is 803. The Labute approximate surface area is 177 Å². The van der Waals surface area contributed by atoms with Gasteiger partial charge in [0, 0.05) is 18.6 Å². The van der Waals surface area contributed by atoms with Gasteiger partial charge in [-0.15, -0.1) is 10.2 Å². The van der Waals surface area contributed by atoms with E-state index in [9.17, 15) is 4.79 Å². The van der Waals surface area contributed by atoms with Crippen molar-refractivity contribution in [3.8, 4) is 0 Å². The SMILES string of the molecule is CCC(C)(C)NC(=O)C(C)Sc1nnc(N2CCOCC2)n1Cc1ccccc1. The molecular formula is C21H31N5O2S. The van der Waals surface area contributed by atoms with Crippen molar-refractivity contribution in [1.82, 2.24) is 20.1 Å². The second kappa shape index (κ2) is 9.63. The number of ether oxygens (including phenoxy) is 1. The van der Waals surface area contributed by atoms with Gasteiger partial charge in [-0.05, 0) is 32.8 Å². The zero-order chi connectivity index (χ0) is 20.9. The first-order valence-corrected chi connectivity index (χ1v) is 11.1. The van der Waals surface area contributed by atoms with Gasteiger partial charge >= 0.3 is 0 Å². The van der Waals surface area contributed by atoms with Crippen LogP contribution in [-0.4, -0.2) is 57.8 Å². The summed E-state index contributed by atoms with van der Waals surface area (Å²) in [4.78, 5) is 14.9. The summed E-state index contributed by atoms with van der Waals surface area (Å²) in [6, 6.07) is 10.3. The highest BCUT2D eigenvalue weighted by Crippen LogP contribution is 2.27. The Morgan fingerprint density at radius 1 is 1.24 bits per heavy atom. The van der Waals surface area contributed by atoms with Crippen LogP contribution in [0.15, 0.2) is 35.5 Å². The number of aromatic nitrogens is 3. The summed E-state index contributed by atoms with van der Waals surface area (Å²) in [5.74, 6) is 0.852. The van der Waals surface area contributed by atoms with Gasteiger partial charge in [0.1, 0.15) is 0 Å². The minimum Gasteiger partial charge on any atom is -0.378 e. The van der Waals surface area contributed by atoms with Crippen molar-refractivity contribution in [3.05, 3.63) is 35.9 Å². The quantitative estimate of drug-likeness (QED) is 0.666. The number of rotatable bonds is 8. The fourth-order valence-electron chi connectivity index (χ4n) is 3.01. The maximum Gasteiger partial charge on any atom is 0.233 e. The molecule has 158 valence electrons. The molecule has 29 heavy (non-hydrogen) atoms. The Morgan fingerprint density at radius 2 is 1.93 bits per heavy atom. The van der Waals surface area contributed by atoms with E-state index in [-0.39, 0.29) is 16.7 Å². The molecular weight excluding hydrogens is 386 g/mol. The van der Waals surface area contributed by atoms with Crippen molar-refractivity contribution in [1.29, 1.82) is 0 Å². The molecule has 0 radical (unpaired) electrons. The van der Waals surface area contributed by atoms with Crippen LogP contribution in [-0.2, 0) is 16.1 Å². The zero-order valence-corrected chi connectivity index (χ0v) is 18.5. The summed E-state index contributed by atoms with van der Waals surface area (Å²) < 4.78 is 7.59. The minimum atomic E-state index is -0.267. The van der Waals surface area contributed by atoms with E-state index in [4.69, 9.17) is 4.74 Å². The van der Waals surface area contributed by atoms with E-state index in [0.29, 0.717) is 19.8 Å². The van der Waals surface area contributed by atoms with E-state index in [0.717, 1.165) is 30.6 Å². The van der Waals surface area contributed by atoms with Crippen molar-refractivity contribution in [3.63, 3.8) is 0 Å². The van der Waals surface area contributed by atoms with Crippen LogP contribution >= 0.6 is 11.8 Å². The number of carbonyl (C=O) groups is 1. The van der Waals surface area contributed by atoms with Crippen LogP contribution in [0.4, 0.5) is 5.95 Å². The minimum absolute atomic E-state index is 0.0176. The molecule has 0 spiro atoms. The molecule has 1 aliphatic heterocycles. The van der Waals surface area contributed by atoms with E-state index in [1.54, 1.807) is 0 Å². The normalized spacial score (nSPS) is 15.9. The number of hydrogen-bond acceptors (Lipinski definition) is 6. The van der Waals surface area contributed by atoms with Gasteiger partial charge in [-0.3, -0.25) is 9.36 Å². The van der Waals surface area contributed by atoms with Crippen LogP contribution < -0.4 is 10.2 Å². The highest BCUT2D eigenvalue weighted by molar-refractivity contribution is 8.00. The fraction of sp³-hybridized carbons (Fsp3) is 0.571. The van der Waals surface area contributed by atoms with Crippen LogP contribution in [0, 0.1) is 0 Å². The molecule has 7 nitrogen and oxygen atoms in total. The standard InChI is InChI=1S/C21H31N5O2S/c1-5-21(3,4)22-18(27)16(2)29-20-24-23-19(25-11-13-28-14-12-25)26(20)15-17-9-7-6-8-10-17/h6-10,16H,5,11-15H2,1-4H3,(H,22,27). The molecule has 1 saturated heterocycles. The monoisotopic (exact) mass is 417 g/mol. The van der Waals surface area contributed by atoms with Gasteiger partial charge in [0.25, 0.3) is 0 Å². The second-order valence-electron chi connectivity index (χ2n) is 7.94. The molecule has 1 aromatic heterocycles. The van der Waals surface area contributed by atoms with Crippen molar-refractivity contribution >= 4 is 23.6 Å². The summed E-state index contributed by atoms with van der Waals surface area (Å²) in [6.07, 6.45) is 0.876. The van der Waals surface area contributed by atoms with Gasteiger partial charge in [0.15, 0.2) is 5.16 Å². The van der Waals surface area contributed by atoms with Gasteiger partial charge in [-0.2, -0.15) is 0 Å². The average Bonchev–Trinajstić information content (AvgIpc) is 3.11. The van der Waals surface area contributed by atoms with E-state index in [1.165, 1.54) is 17.3 Å². The molecule has 0 saturated carbocycles. The Kier molecular flexibility index (Phi) is 7.18.